The molecule has 1 aliphatic carbocycles. The second-order valence-electron chi connectivity index (χ2n) is 4.94. The lowest BCUT2D eigenvalue weighted by atomic mass is 10.0. The van der Waals surface area contributed by atoms with E-state index in [1.807, 2.05) is 19.1 Å². The molecule has 0 aromatic heterocycles. The third-order valence-electron chi connectivity index (χ3n) is 3.60. The molecule has 0 heterocycles. The Morgan fingerprint density at radius 1 is 1.39 bits per heavy atom. The van der Waals surface area contributed by atoms with Crippen molar-refractivity contribution in [3.63, 3.8) is 0 Å². The quantitative estimate of drug-likeness (QED) is 0.813. The number of ether oxygens (including phenoxy) is 1. The molecule has 0 amide bonds. The Morgan fingerprint density at radius 3 is 2.83 bits per heavy atom. The standard InChI is InChI=1S/C15H24N2O/c1-2-18-14-9-5-6-12(10-14)15(11-16)17-13-7-3-4-8-13/h5-6,9-10,13,15,17H,2-4,7-8,11,16H2,1H3. The van der Waals surface area contributed by atoms with Gasteiger partial charge < -0.3 is 15.8 Å². The van der Waals surface area contributed by atoms with Crippen molar-refractivity contribution >= 4 is 0 Å². The first kappa shape index (κ1) is 13.4. The first-order chi connectivity index (χ1) is 8.83. The predicted octanol–water partition coefficient (Wildman–Crippen LogP) is 2.62. The number of benzene rings is 1. The average molecular weight is 248 g/mol. The van der Waals surface area contributed by atoms with E-state index in [-0.39, 0.29) is 6.04 Å². The summed E-state index contributed by atoms with van der Waals surface area (Å²) in [4.78, 5) is 0. The summed E-state index contributed by atoms with van der Waals surface area (Å²) in [6.45, 7) is 3.34. The van der Waals surface area contributed by atoms with E-state index in [9.17, 15) is 0 Å². The van der Waals surface area contributed by atoms with Crippen LogP contribution in [0, 0.1) is 0 Å². The molecule has 1 saturated carbocycles. The lowest BCUT2D eigenvalue weighted by Gasteiger charge is -2.22. The minimum Gasteiger partial charge on any atom is -0.494 e. The van der Waals surface area contributed by atoms with Crippen LogP contribution in [-0.2, 0) is 0 Å². The molecule has 1 fully saturated rings. The van der Waals surface area contributed by atoms with E-state index in [4.69, 9.17) is 10.5 Å². The minimum atomic E-state index is 0.244. The van der Waals surface area contributed by atoms with Gasteiger partial charge in [-0.3, -0.25) is 0 Å². The first-order valence-electron chi connectivity index (χ1n) is 7.02. The zero-order chi connectivity index (χ0) is 12.8. The van der Waals surface area contributed by atoms with Gasteiger partial charge in [-0.15, -0.1) is 0 Å². The fourth-order valence-corrected chi connectivity index (χ4v) is 2.67. The molecule has 1 aromatic carbocycles. The molecule has 0 saturated heterocycles. The molecule has 3 nitrogen and oxygen atoms in total. The van der Waals surface area contributed by atoms with Gasteiger partial charge in [-0.25, -0.2) is 0 Å². The molecule has 0 bridgehead atoms. The van der Waals surface area contributed by atoms with Crippen LogP contribution >= 0.6 is 0 Å². The summed E-state index contributed by atoms with van der Waals surface area (Å²) in [7, 11) is 0. The number of nitrogens with one attached hydrogen (secondary N) is 1. The molecule has 1 aliphatic rings. The van der Waals surface area contributed by atoms with Crippen LogP contribution in [0.1, 0.15) is 44.2 Å². The molecule has 1 aromatic rings. The molecular formula is C15H24N2O. The molecule has 18 heavy (non-hydrogen) atoms. The van der Waals surface area contributed by atoms with Gasteiger partial charge in [0.1, 0.15) is 5.75 Å². The van der Waals surface area contributed by atoms with Gasteiger partial charge >= 0.3 is 0 Å². The fraction of sp³-hybridized carbons (Fsp3) is 0.600. The largest absolute Gasteiger partial charge is 0.494 e. The van der Waals surface area contributed by atoms with Gasteiger partial charge in [-0.1, -0.05) is 25.0 Å². The van der Waals surface area contributed by atoms with Crippen LogP contribution in [0.4, 0.5) is 0 Å². The van der Waals surface area contributed by atoms with Gasteiger partial charge in [0.25, 0.3) is 0 Å². The summed E-state index contributed by atoms with van der Waals surface area (Å²) < 4.78 is 5.54. The van der Waals surface area contributed by atoms with Crippen molar-refractivity contribution in [2.75, 3.05) is 13.2 Å². The van der Waals surface area contributed by atoms with Gasteiger partial charge in [0.05, 0.1) is 6.61 Å². The van der Waals surface area contributed by atoms with Crippen molar-refractivity contribution in [1.82, 2.24) is 5.32 Å². The molecule has 0 aliphatic heterocycles. The third-order valence-corrected chi connectivity index (χ3v) is 3.60. The zero-order valence-electron chi connectivity index (χ0n) is 11.2. The second-order valence-corrected chi connectivity index (χ2v) is 4.94. The van der Waals surface area contributed by atoms with E-state index in [0.29, 0.717) is 19.2 Å². The average Bonchev–Trinajstić information content (AvgIpc) is 2.89. The van der Waals surface area contributed by atoms with Crippen molar-refractivity contribution in [2.24, 2.45) is 5.73 Å². The van der Waals surface area contributed by atoms with Gasteiger partial charge in [0, 0.05) is 18.6 Å². The maximum atomic E-state index is 5.90. The van der Waals surface area contributed by atoms with Crippen LogP contribution in [-0.4, -0.2) is 19.2 Å². The van der Waals surface area contributed by atoms with Crippen LogP contribution in [0.25, 0.3) is 0 Å². The highest BCUT2D eigenvalue weighted by Crippen LogP contribution is 2.23. The monoisotopic (exact) mass is 248 g/mol. The Bertz CT molecular complexity index is 361. The SMILES string of the molecule is CCOc1cccc(C(CN)NC2CCCC2)c1. The molecular weight excluding hydrogens is 224 g/mol. The van der Waals surface area contributed by atoms with Crippen LogP contribution < -0.4 is 15.8 Å². The number of hydrogen-bond donors (Lipinski definition) is 2. The molecule has 0 radical (unpaired) electrons. The van der Waals surface area contributed by atoms with E-state index in [1.165, 1.54) is 31.2 Å². The van der Waals surface area contributed by atoms with Crippen molar-refractivity contribution in [2.45, 2.75) is 44.7 Å². The number of nitrogens with two attached hydrogens (primary N) is 1. The fourth-order valence-electron chi connectivity index (χ4n) is 2.67. The molecule has 3 N–H and O–H groups in total. The minimum absolute atomic E-state index is 0.244. The summed E-state index contributed by atoms with van der Waals surface area (Å²) in [6, 6.07) is 9.14. The highest BCUT2D eigenvalue weighted by molar-refractivity contribution is 5.31. The second kappa shape index (κ2) is 6.76. The van der Waals surface area contributed by atoms with E-state index in [1.54, 1.807) is 0 Å². The highest BCUT2D eigenvalue weighted by atomic mass is 16.5. The zero-order valence-corrected chi connectivity index (χ0v) is 11.2. The van der Waals surface area contributed by atoms with Crippen LogP contribution in [0.15, 0.2) is 24.3 Å². The maximum absolute atomic E-state index is 5.90. The van der Waals surface area contributed by atoms with Crippen molar-refractivity contribution in [3.05, 3.63) is 29.8 Å². The summed E-state index contributed by atoms with van der Waals surface area (Å²) >= 11 is 0. The highest BCUT2D eigenvalue weighted by Gasteiger charge is 2.19. The van der Waals surface area contributed by atoms with E-state index in [0.717, 1.165) is 5.75 Å². The van der Waals surface area contributed by atoms with E-state index in [2.05, 4.69) is 17.4 Å². The Morgan fingerprint density at radius 2 is 2.17 bits per heavy atom. The molecule has 1 atom stereocenters. The van der Waals surface area contributed by atoms with Gasteiger partial charge in [-0.05, 0) is 37.5 Å². The van der Waals surface area contributed by atoms with Crippen molar-refractivity contribution in [1.29, 1.82) is 0 Å². The van der Waals surface area contributed by atoms with E-state index < -0.39 is 0 Å². The summed E-state index contributed by atoms with van der Waals surface area (Å²) in [5, 5.41) is 3.67. The lowest BCUT2D eigenvalue weighted by molar-refractivity contribution is 0.339. The molecule has 0 spiro atoms. The normalized spacial score (nSPS) is 17.9. The van der Waals surface area contributed by atoms with Gasteiger partial charge in [0.2, 0.25) is 0 Å². The molecule has 1 unspecified atom stereocenters. The predicted molar refractivity (Wildman–Crippen MR) is 74.8 cm³/mol. The smallest absolute Gasteiger partial charge is 0.119 e. The van der Waals surface area contributed by atoms with Crippen molar-refractivity contribution < 1.29 is 4.74 Å². The lowest BCUT2D eigenvalue weighted by Crippen LogP contribution is -2.35. The molecule has 2 rings (SSSR count). The molecule has 100 valence electrons. The van der Waals surface area contributed by atoms with Gasteiger partial charge in [0.15, 0.2) is 0 Å². The van der Waals surface area contributed by atoms with E-state index >= 15 is 0 Å². The topological polar surface area (TPSA) is 47.3 Å². The summed E-state index contributed by atoms with van der Waals surface area (Å²) in [5.74, 6) is 0.932. The Hall–Kier alpha value is -1.06. The van der Waals surface area contributed by atoms with Crippen LogP contribution in [0.2, 0.25) is 0 Å². The maximum Gasteiger partial charge on any atom is 0.119 e. The summed E-state index contributed by atoms with van der Waals surface area (Å²) in [6.07, 6.45) is 5.24. The Labute approximate surface area is 110 Å². The Balaban J connectivity index is 2.03. The molecule has 3 heteroatoms. The van der Waals surface area contributed by atoms with Crippen LogP contribution in [0.3, 0.4) is 0 Å². The third kappa shape index (κ3) is 3.47. The van der Waals surface area contributed by atoms with Crippen molar-refractivity contribution in [3.8, 4) is 5.75 Å². The first-order valence-corrected chi connectivity index (χ1v) is 7.02. The number of hydrogen-bond acceptors (Lipinski definition) is 3. The number of rotatable bonds is 6. The van der Waals surface area contributed by atoms with Gasteiger partial charge in [-0.2, -0.15) is 0 Å². The Kier molecular flexibility index (Phi) is 5.02. The summed E-state index contributed by atoms with van der Waals surface area (Å²) in [5.41, 5.74) is 7.14. The van der Waals surface area contributed by atoms with Crippen LogP contribution in [0.5, 0.6) is 5.75 Å².